The van der Waals surface area contributed by atoms with E-state index in [2.05, 4.69) is 25.6 Å². The molecular formula is C22H24FN5. The van der Waals surface area contributed by atoms with Gasteiger partial charge < -0.3 is 15.6 Å². The number of benzene rings is 2. The summed E-state index contributed by atoms with van der Waals surface area (Å²) in [5, 5.41) is 6.66. The predicted molar refractivity (Wildman–Crippen MR) is 110 cm³/mol. The highest BCUT2D eigenvalue weighted by Gasteiger charge is 2.44. The maximum Gasteiger partial charge on any atom is 0.191 e. The van der Waals surface area contributed by atoms with Crippen LogP contribution in [0.25, 0.3) is 11.3 Å². The second kappa shape index (κ2) is 7.84. The molecular weight excluding hydrogens is 353 g/mol. The summed E-state index contributed by atoms with van der Waals surface area (Å²) in [6.45, 7) is 1.27. The number of guanidine groups is 1. The molecule has 1 saturated carbocycles. The number of hydrogen-bond acceptors (Lipinski definition) is 2. The zero-order valence-electron chi connectivity index (χ0n) is 15.9. The van der Waals surface area contributed by atoms with Crippen molar-refractivity contribution in [1.82, 2.24) is 20.6 Å². The number of nitrogens with zero attached hydrogens (tertiary/aromatic N) is 2. The summed E-state index contributed by atoms with van der Waals surface area (Å²) in [6.07, 6.45) is 3.95. The second-order valence-corrected chi connectivity index (χ2v) is 7.18. The normalized spacial score (nSPS) is 15.3. The van der Waals surface area contributed by atoms with Crippen molar-refractivity contribution in [3.63, 3.8) is 0 Å². The minimum absolute atomic E-state index is 0.00484. The van der Waals surface area contributed by atoms with Gasteiger partial charge in [0, 0.05) is 19.0 Å². The number of nitrogens with one attached hydrogen (secondary N) is 3. The van der Waals surface area contributed by atoms with Crippen LogP contribution in [0.3, 0.4) is 0 Å². The third-order valence-corrected chi connectivity index (χ3v) is 5.24. The number of rotatable bonds is 6. The Labute approximate surface area is 164 Å². The van der Waals surface area contributed by atoms with E-state index in [1.54, 1.807) is 19.2 Å². The van der Waals surface area contributed by atoms with Gasteiger partial charge in [-0.1, -0.05) is 42.5 Å². The molecule has 2 aromatic carbocycles. The van der Waals surface area contributed by atoms with E-state index in [0.29, 0.717) is 12.5 Å². The van der Waals surface area contributed by atoms with Crippen LogP contribution in [0.4, 0.5) is 4.39 Å². The van der Waals surface area contributed by atoms with Crippen LogP contribution in [-0.4, -0.2) is 29.5 Å². The van der Waals surface area contributed by atoms with Crippen molar-refractivity contribution in [3.05, 3.63) is 78.0 Å². The van der Waals surface area contributed by atoms with Crippen LogP contribution in [-0.2, 0) is 12.0 Å². The van der Waals surface area contributed by atoms with Gasteiger partial charge in [-0.25, -0.2) is 9.37 Å². The first kappa shape index (κ1) is 18.2. The van der Waals surface area contributed by atoms with E-state index >= 15 is 0 Å². The summed E-state index contributed by atoms with van der Waals surface area (Å²) in [6, 6.07) is 17.0. The largest absolute Gasteiger partial charge is 0.356 e. The highest BCUT2D eigenvalue weighted by molar-refractivity contribution is 5.79. The third-order valence-electron chi connectivity index (χ3n) is 5.24. The quantitative estimate of drug-likeness (QED) is 0.454. The molecule has 0 amide bonds. The van der Waals surface area contributed by atoms with Crippen LogP contribution in [0.2, 0.25) is 0 Å². The molecule has 28 heavy (non-hydrogen) atoms. The monoisotopic (exact) mass is 377 g/mol. The molecule has 6 heteroatoms. The maximum atomic E-state index is 13.6. The van der Waals surface area contributed by atoms with E-state index in [9.17, 15) is 4.39 Å². The molecule has 0 saturated heterocycles. The summed E-state index contributed by atoms with van der Waals surface area (Å²) in [4.78, 5) is 12.1. The lowest BCUT2D eigenvalue weighted by atomic mass is 9.96. The molecule has 3 aromatic rings. The van der Waals surface area contributed by atoms with Crippen molar-refractivity contribution >= 4 is 5.96 Å². The molecule has 4 rings (SSSR count). The molecule has 0 spiro atoms. The number of aromatic nitrogens is 2. The molecule has 0 unspecified atom stereocenters. The van der Waals surface area contributed by atoms with Crippen molar-refractivity contribution in [3.8, 4) is 11.3 Å². The molecule has 3 N–H and O–H groups in total. The molecule has 144 valence electrons. The summed E-state index contributed by atoms with van der Waals surface area (Å²) in [5.74, 6) is 1.37. The molecule has 0 radical (unpaired) electrons. The number of hydrogen-bond donors (Lipinski definition) is 3. The smallest absolute Gasteiger partial charge is 0.191 e. The standard InChI is InChI=1S/C22H24FN5/c1-24-21(27-15-22(10-11-22)17-8-5-9-18(23)12-17)26-14-20-25-13-19(28-20)16-6-3-2-4-7-16/h2-9,12-13H,10-11,14-15H2,1H3,(H,25,28)(H2,24,26,27). The average Bonchev–Trinajstić information content (AvgIpc) is 3.38. The first-order valence-electron chi connectivity index (χ1n) is 9.48. The Bertz CT molecular complexity index is 960. The van der Waals surface area contributed by atoms with Crippen molar-refractivity contribution in [1.29, 1.82) is 0 Å². The van der Waals surface area contributed by atoms with E-state index in [1.807, 2.05) is 42.6 Å². The highest BCUT2D eigenvalue weighted by Crippen LogP contribution is 2.47. The lowest BCUT2D eigenvalue weighted by Crippen LogP contribution is -2.41. The molecule has 1 heterocycles. The minimum Gasteiger partial charge on any atom is -0.356 e. The second-order valence-electron chi connectivity index (χ2n) is 7.18. The van der Waals surface area contributed by atoms with Crippen molar-refractivity contribution in [2.24, 2.45) is 4.99 Å². The lowest BCUT2D eigenvalue weighted by molar-refractivity contribution is 0.606. The Balaban J connectivity index is 1.33. The molecule has 1 aliphatic rings. The number of aromatic amines is 1. The van der Waals surface area contributed by atoms with Crippen LogP contribution in [0.15, 0.2) is 65.8 Å². The zero-order chi connectivity index (χ0) is 19.4. The van der Waals surface area contributed by atoms with Gasteiger partial charge >= 0.3 is 0 Å². The molecule has 0 atom stereocenters. The zero-order valence-corrected chi connectivity index (χ0v) is 15.9. The molecule has 0 aliphatic heterocycles. The average molecular weight is 377 g/mol. The van der Waals surface area contributed by atoms with Gasteiger partial charge in [0.2, 0.25) is 0 Å². The number of aliphatic imine (C=N–C) groups is 1. The molecule has 1 aliphatic carbocycles. The van der Waals surface area contributed by atoms with Gasteiger partial charge in [-0.2, -0.15) is 0 Å². The number of halogens is 1. The van der Waals surface area contributed by atoms with Gasteiger partial charge in [0.05, 0.1) is 18.4 Å². The van der Waals surface area contributed by atoms with Crippen LogP contribution in [0.1, 0.15) is 24.2 Å². The topological polar surface area (TPSA) is 65.1 Å². The minimum atomic E-state index is -0.182. The molecule has 1 aromatic heterocycles. The van der Waals surface area contributed by atoms with Crippen molar-refractivity contribution in [2.75, 3.05) is 13.6 Å². The van der Waals surface area contributed by atoms with E-state index in [0.717, 1.165) is 42.0 Å². The highest BCUT2D eigenvalue weighted by atomic mass is 19.1. The number of imidazole rings is 1. The Kier molecular flexibility index (Phi) is 5.10. The Morgan fingerprint density at radius 3 is 2.68 bits per heavy atom. The van der Waals surface area contributed by atoms with E-state index < -0.39 is 0 Å². The van der Waals surface area contributed by atoms with Crippen molar-refractivity contribution in [2.45, 2.75) is 24.8 Å². The summed E-state index contributed by atoms with van der Waals surface area (Å²) >= 11 is 0. The fourth-order valence-corrected chi connectivity index (χ4v) is 3.39. The SMILES string of the molecule is CN=C(NCc1ncc(-c2ccccc2)[nH]1)NCC1(c2cccc(F)c2)CC1. The van der Waals surface area contributed by atoms with E-state index in [1.165, 1.54) is 6.07 Å². The van der Waals surface area contributed by atoms with Crippen LogP contribution < -0.4 is 10.6 Å². The van der Waals surface area contributed by atoms with Gasteiger partial charge in [0.25, 0.3) is 0 Å². The maximum absolute atomic E-state index is 13.6. The van der Waals surface area contributed by atoms with Crippen molar-refractivity contribution < 1.29 is 4.39 Å². The van der Waals surface area contributed by atoms with Gasteiger partial charge in [0.1, 0.15) is 11.6 Å². The molecule has 0 bridgehead atoms. The Hall–Kier alpha value is -3.15. The Morgan fingerprint density at radius 2 is 1.96 bits per heavy atom. The summed E-state index contributed by atoms with van der Waals surface area (Å²) in [5.41, 5.74) is 3.15. The van der Waals surface area contributed by atoms with Gasteiger partial charge in [-0.15, -0.1) is 0 Å². The van der Waals surface area contributed by atoms with Crippen LogP contribution >= 0.6 is 0 Å². The van der Waals surface area contributed by atoms with Crippen LogP contribution in [0.5, 0.6) is 0 Å². The summed E-state index contributed by atoms with van der Waals surface area (Å²) in [7, 11) is 1.74. The summed E-state index contributed by atoms with van der Waals surface area (Å²) < 4.78 is 13.6. The van der Waals surface area contributed by atoms with Crippen LogP contribution in [0, 0.1) is 5.82 Å². The van der Waals surface area contributed by atoms with Gasteiger partial charge in [0.15, 0.2) is 5.96 Å². The molecule has 1 fully saturated rings. The van der Waals surface area contributed by atoms with Gasteiger partial charge in [-0.05, 0) is 36.1 Å². The number of H-pyrrole nitrogens is 1. The fourth-order valence-electron chi connectivity index (χ4n) is 3.39. The Morgan fingerprint density at radius 1 is 1.14 bits per heavy atom. The molecule has 5 nitrogen and oxygen atoms in total. The van der Waals surface area contributed by atoms with E-state index in [4.69, 9.17) is 0 Å². The van der Waals surface area contributed by atoms with E-state index in [-0.39, 0.29) is 11.2 Å². The first-order valence-corrected chi connectivity index (χ1v) is 9.48. The third kappa shape index (κ3) is 4.06. The predicted octanol–water partition coefficient (Wildman–Crippen LogP) is 3.61. The fraction of sp³-hybridized carbons (Fsp3) is 0.273. The lowest BCUT2D eigenvalue weighted by Gasteiger charge is -2.19. The first-order chi connectivity index (χ1) is 13.7. The van der Waals surface area contributed by atoms with Gasteiger partial charge in [-0.3, -0.25) is 4.99 Å².